The van der Waals surface area contributed by atoms with E-state index in [9.17, 15) is 4.79 Å². The van der Waals surface area contributed by atoms with E-state index >= 15 is 0 Å². The number of allylic oxidation sites excluding steroid dienone is 1. The lowest BCUT2D eigenvalue weighted by Gasteiger charge is -2.23. The molecule has 0 aromatic heterocycles. The Morgan fingerprint density at radius 2 is 1.94 bits per heavy atom. The monoisotopic (exact) mass is 231 g/mol. The third-order valence-corrected chi connectivity index (χ3v) is 3.08. The van der Waals surface area contributed by atoms with Crippen molar-refractivity contribution in [2.75, 3.05) is 0 Å². The highest BCUT2D eigenvalue weighted by Crippen LogP contribution is 2.15. The van der Waals surface area contributed by atoms with Gasteiger partial charge in [-0.1, -0.05) is 31.7 Å². The van der Waals surface area contributed by atoms with E-state index in [0.717, 1.165) is 17.7 Å². The molecule has 0 heterocycles. The van der Waals surface area contributed by atoms with E-state index < -0.39 is 0 Å². The molecule has 1 amide bonds. The van der Waals surface area contributed by atoms with E-state index in [4.69, 9.17) is 0 Å². The van der Waals surface area contributed by atoms with E-state index in [-0.39, 0.29) is 5.91 Å². The molecule has 0 saturated carbocycles. The average molecular weight is 231 g/mol. The van der Waals surface area contributed by atoms with Crippen LogP contribution in [0.1, 0.15) is 37.0 Å². The van der Waals surface area contributed by atoms with Crippen LogP contribution < -0.4 is 0 Å². The molecule has 0 atom stereocenters. The van der Waals surface area contributed by atoms with Crippen molar-refractivity contribution < 1.29 is 4.79 Å². The number of amides is 1. The summed E-state index contributed by atoms with van der Waals surface area (Å²) in [6, 6.07) is 6.30. The lowest BCUT2D eigenvalue weighted by molar-refractivity contribution is -0.127. The number of nitrogens with zero attached hydrogens (tertiary/aromatic N) is 1. The number of benzene rings is 1. The van der Waals surface area contributed by atoms with Crippen molar-refractivity contribution in [3.8, 4) is 0 Å². The molecule has 1 aromatic rings. The number of hydrogen-bond donors (Lipinski definition) is 0. The first kappa shape index (κ1) is 13.5. The van der Waals surface area contributed by atoms with Crippen LogP contribution in [0.2, 0.25) is 0 Å². The summed E-state index contributed by atoms with van der Waals surface area (Å²) < 4.78 is 0. The Kier molecular flexibility index (Phi) is 4.50. The summed E-state index contributed by atoms with van der Waals surface area (Å²) in [5, 5.41) is 0. The van der Waals surface area contributed by atoms with Crippen molar-refractivity contribution in [1.29, 1.82) is 0 Å². The second-order valence-corrected chi connectivity index (χ2v) is 4.44. The van der Waals surface area contributed by atoms with Gasteiger partial charge in [0.25, 0.3) is 0 Å². The summed E-state index contributed by atoms with van der Waals surface area (Å²) in [6.45, 7) is 12.3. The predicted octanol–water partition coefficient (Wildman–Crippen LogP) is 3.58. The second kappa shape index (κ2) is 5.67. The zero-order chi connectivity index (χ0) is 13.0. The van der Waals surface area contributed by atoms with Gasteiger partial charge in [-0.25, -0.2) is 0 Å². The fourth-order valence-electron chi connectivity index (χ4n) is 1.72. The quantitative estimate of drug-likeness (QED) is 0.775. The molecule has 0 fully saturated rings. The van der Waals surface area contributed by atoms with Gasteiger partial charge in [-0.2, -0.15) is 0 Å². The largest absolute Gasteiger partial charge is 0.313 e. The standard InChI is InChI=1S/C15H21NO/c1-6-13(4)16(14(5)17)10-15-8-7-11(2)12(3)9-15/h7-9H,4,6,10H2,1-3,5H3. The predicted molar refractivity (Wildman–Crippen MR) is 71.6 cm³/mol. The van der Waals surface area contributed by atoms with Crippen LogP contribution in [0.3, 0.4) is 0 Å². The van der Waals surface area contributed by atoms with Crippen molar-refractivity contribution in [1.82, 2.24) is 4.90 Å². The molecule has 0 aliphatic rings. The topological polar surface area (TPSA) is 20.3 Å². The number of hydrogen-bond acceptors (Lipinski definition) is 1. The molecule has 2 heteroatoms. The van der Waals surface area contributed by atoms with Gasteiger partial charge in [0, 0.05) is 12.6 Å². The molecule has 2 nitrogen and oxygen atoms in total. The van der Waals surface area contributed by atoms with Crippen molar-refractivity contribution in [3.05, 3.63) is 47.2 Å². The summed E-state index contributed by atoms with van der Waals surface area (Å²) >= 11 is 0. The Hall–Kier alpha value is -1.57. The molecule has 17 heavy (non-hydrogen) atoms. The highest BCUT2D eigenvalue weighted by molar-refractivity contribution is 5.75. The van der Waals surface area contributed by atoms with Crippen LogP contribution in [0.4, 0.5) is 0 Å². The zero-order valence-electron chi connectivity index (χ0n) is 11.2. The van der Waals surface area contributed by atoms with Gasteiger partial charge in [0.1, 0.15) is 0 Å². The Morgan fingerprint density at radius 3 is 2.41 bits per heavy atom. The van der Waals surface area contributed by atoms with Gasteiger partial charge in [0.15, 0.2) is 0 Å². The smallest absolute Gasteiger partial charge is 0.223 e. The first-order valence-electron chi connectivity index (χ1n) is 5.97. The van der Waals surface area contributed by atoms with Crippen LogP contribution in [0.5, 0.6) is 0 Å². The fourth-order valence-corrected chi connectivity index (χ4v) is 1.72. The van der Waals surface area contributed by atoms with Crippen LogP contribution in [0, 0.1) is 13.8 Å². The molecule has 0 N–H and O–H groups in total. The summed E-state index contributed by atoms with van der Waals surface area (Å²) in [4.78, 5) is 13.3. The third-order valence-electron chi connectivity index (χ3n) is 3.08. The fraction of sp³-hybridized carbons (Fsp3) is 0.400. The first-order valence-corrected chi connectivity index (χ1v) is 5.97. The van der Waals surface area contributed by atoms with Crippen LogP contribution in [0.15, 0.2) is 30.5 Å². The van der Waals surface area contributed by atoms with Gasteiger partial charge in [0.2, 0.25) is 5.91 Å². The molecule has 0 aliphatic heterocycles. The molecule has 1 rings (SSSR count). The molecular formula is C15H21NO. The highest BCUT2D eigenvalue weighted by atomic mass is 16.2. The molecule has 0 radical (unpaired) electrons. The number of rotatable bonds is 4. The van der Waals surface area contributed by atoms with E-state index in [0.29, 0.717) is 6.54 Å². The molecule has 0 spiro atoms. The van der Waals surface area contributed by atoms with Crippen LogP contribution in [0.25, 0.3) is 0 Å². The van der Waals surface area contributed by atoms with E-state index in [1.54, 1.807) is 11.8 Å². The molecule has 0 saturated heterocycles. The molecule has 1 aromatic carbocycles. The molecule has 92 valence electrons. The zero-order valence-corrected chi connectivity index (χ0v) is 11.2. The van der Waals surface area contributed by atoms with Gasteiger partial charge in [-0.15, -0.1) is 0 Å². The van der Waals surface area contributed by atoms with Crippen LogP contribution >= 0.6 is 0 Å². The van der Waals surface area contributed by atoms with Crippen LogP contribution in [-0.4, -0.2) is 10.8 Å². The highest BCUT2D eigenvalue weighted by Gasteiger charge is 2.11. The van der Waals surface area contributed by atoms with Gasteiger partial charge in [-0.05, 0) is 37.0 Å². The van der Waals surface area contributed by atoms with Gasteiger partial charge in [0.05, 0.1) is 6.54 Å². The maximum absolute atomic E-state index is 11.6. The van der Waals surface area contributed by atoms with Crippen molar-refractivity contribution in [2.45, 2.75) is 40.7 Å². The molecule has 0 aliphatic carbocycles. The maximum atomic E-state index is 11.6. The maximum Gasteiger partial charge on any atom is 0.223 e. The van der Waals surface area contributed by atoms with Crippen molar-refractivity contribution >= 4 is 5.91 Å². The summed E-state index contributed by atoms with van der Waals surface area (Å²) in [7, 11) is 0. The van der Waals surface area contributed by atoms with E-state index in [1.165, 1.54) is 11.1 Å². The SMILES string of the molecule is C=C(CC)N(Cc1ccc(C)c(C)c1)C(C)=O. The molecule has 0 bridgehead atoms. The lowest BCUT2D eigenvalue weighted by Crippen LogP contribution is -2.26. The van der Waals surface area contributed by atoms with Gasteiger partial charge < -0.3 is 4.90 Å². The minimum atomic E-state index is 0.0510. The first-order chi connectivity index (χ1) is 7.95. The molecular weight excluding hydrogens is 210 g/mol. The van der Waals surface area contributed by atoms with Crippen molar-refractivity contribution in [3.63, 3.8) is 0 Å². The van der Waals surface area contributed by atoms with E-state index in [1.807, 2.05) is 6.92 Å². The van der Waals surface area contributed by atoms with Crippen LogP contribution in [-0.2, 0) is 11.3 Å². The summed E-state index contributed by atoms with van der Waals surface area (Å²) in [5.74, 6) is 0.0510. The molecule has 0 unspecified atom stereocenters. The van der Waals surface area contributed by atoms with Crippen molar-refractivity contribution in [2.24, 2.45) is 0 Å². The van der Waals surface area contributed by atoms with Gasteiger partial charge >= 0.3 is 0 Å². The number of carbonyl (C=O) groups is 1. The summed E-state index contributed by atoms with van der Waals surface area (Å²) in [5.41, 5.74) is 4.55. The Bertz CT molecular complexity index is 435. The van der Waals surface area contributed by atoms with Gasteiger partial charge in [-0.3, -0.25) is 4.79 Å². The minimum Gasteiger partial charge on any atom is -0.313 e. The summed E-state index contributed by atoms with van der Waals surface area (Å²) in [6.07, 6.45) is 0.796. The number of aryl methyl sites for hydroxylation is 2. The Labute approximate surface area is 104 Å². The second-order valence-electron chi connectivity index (χ2n) is 4.44. The lowest BCUT2D eigenvalue weighted by atomic mass is 10.1. The minimum absolute atomic E-state index is 0.0510. The van der Waals surface area contributed by atoms with E-state index in [2.05, 4.69) is 38.6 Å². The third kappa shape index (κ3) is 3.45. The normalized spacial score (nSPS) is 10.1. The number of carbonyl (C=O) groups excluding carboxylic acids is 1. The Morgan fingerprint density at radius 1 is 1.29 bits per heavy atom. The Balaban J connectivity index is 2.90. The average Bonchev–Trinajstić information content (AvgIpc) is 2.29.